The number of H-pyrrole nitrogens is 1. The van der Waals surface area contributed by atoms with Crippen molar-refractivity contribution in [2.45, 2.75) is 6.92 Å². The SMILES string of the molecule is Cc1nc(-c2ccccn2)c2c(C=O)c[nH]c2n1. The average molecular weight is 238 g/mol. The lowest BCUT2D eigenvalue weighted by molar-refractivity contribution is 0.112. The lowest BCUT2D eigenvalue weighted by atomic mass is 10.1. The number of carbonyl (C=O) groups is 1. The number of aryl methyl sites for hydroxylation is 1. The minimum atomic E-state index is 0.547. The molecule has 0 aliphatic rings. The molecule has 0 saturated carbocycles. The summed E-state index contributed by atoms with van der Waals surface area (Å²) < 4.78 is 0. The van der Waals surface area contributed by atoms with Crippen LogP contribution in [0.4, 0.5) is 0 Å². The molecular formula is C13H10N4O. The summed E-state index contributed by atoms with van der Waals surface area (Å²) in [6.07, 6.45) is 4.13. The van der Waals surface area contributed by atoms with Crippen molar-refractivity contribution < 1.29 is 4.79 Å². The molecule has 18 heavy (non-hydrogen) atoms. The first-order chi connectivity index (χ1) is 8.79. The number of nitrogens with zero attached hydrogens (tertiary/aromatic N) is 3. The van der Waals surface area contributed by atoms with Gasteiger partial charge in [0.25, 0.3) is 0 Å². The summed E-state index contributed by atoms with van der Waals surface area (Å²) in [5.41, 5.74) is 2.62. The Morgan fingerprint density at radius 3 is 2.89 bits per heavy atom. The first kappa shape index (κ1) is 10.6. The zero-order chi connectivity index (χ0) is 12.5. The highest BCUT2D eigenvalue weighted by atomic mass is 16.1. The second-order valence-electron chi connectivity index (χ2n) is 3.92. The summed E-state index contributed by atoms with van der Waals surface area (Å²) in [4.78, 5) is 27.0. The summed E-state index contributed by atoms with van der Waals surface area (Å²) in [6.45, 7) is 1.81. The van der Waals surface area contributed by atoms with E-state index in [4.69, 9.17) is 0 Å². The molecule has 3 rings (SSSR count). The number of nitrogens with one attached hydrogen (secondary N) is 1. The number of pyridine rings is 1. The summed E-state index contributed by atoms with van der Waals surface area (Å²) in [5, 5.41) is 0.717. The van der Waals surface area contributed by atoms with E-state index in [2.05, 4.69) is 19.9 Å². The molecule has 88 valence electrons. The lowest BCUT2D eigenvalue weighted by Gasteiger charge is -2.03. The largest absolute Gasteiger partial charge is 0.345 e. The molecule has 0 aliphatic heterocycles. The molecule has 0 aromatic carbocycles. The van der Waals surface area contributed by atoms with Gasteiger partial charge < -0.3 is 4.98 Å². The van der Waals surface area contributed by atoms with Crippen molar-refractivity contribution in [3.05, 3.63) is 42.0 Å². The molecule has 0 radical (unpaired) electrons. The number of hydrogen-bond acceptors (Lipinski definition) is 4. The zero-order valence-electron chi connectivity index (χ0n) is 9.71. The average Bonchev–Trinajstić information content (AvgIpc) is 2.81. The minimum Gasteiger partial charge on any atom is -0.345 e. The third-order valence-electron chi connectivity index (χ3n) is 2.71. The fraction of sp³-hybridized carbons (Fsp3) is 0.0769. The summed E-state index contributed by atoms with van der Waals surface area (Å²) in [6, 6.07) is 5.59. The molecule has 0 atom stereocenters. The van der Waals surface area contributed by atoms with Crippen molar-refractivity contribution in [1.29, 1.82) is 0 Å². The fourth-order valence-electron chi connectivity index (χ4n) is 1.95. The predicted octanol–water partition coefficient (Wildman–Crippen LogP) is 2.14. The number of rotatable bonds is 2. The van der Waals surface area contributed by atoms with Gasteiger partial charge in [-0.25, -0.2) is 9.97 Å². The van der Waals surface area contributed by atoms with Crippen LogP contribution in [0.3, 0.4) is 0 Å². The summed E-state index contributed by atoms with van der Waals surface area (Å²) in [7, 11) is 0. The van der Waals surface area contributed by atoms with Crippen LogP contribution in [0.25, 0.3) is 22.4 Å². The molecule has 0 unspecified atom stereocenters. The summed E-state index contributed by atoms with van der Waals surface area (Å²) in [5.74, 6) is 0.641. The van der Waals surface area contributed by atoms with Crippen LogP contribution in [-0.4, -0.2) is 26.2 Å². The van der Waals surface area contributed by atoms with Gasteiger partial charge in [-0.1, -0.05) is 6.07 Å². The van der Waals surface area contributed by atoms with Gasteiger partial charge in [-0.2, -0.15) is 0 Å². The van der Waals surface area contributed by atoms with E-state index in [1.54, 1.807) is 12.4 Å². The van der Waals surface area contributed by atoms with Crippen LogP contribution in [0.15, 0.2) is 30.6 Å². The zero-order valence-corrected chi connectivity index (χ0v) is 9.71. The van der Waals surface area contributed by atoms with E-state index in [0.717, 1.165) is 12.0 Å². The Bertz CT molecular complexity index is 718. The van der Waals surface area contributed by atoms with E-state index in [0.29, 0.717) is 28.1 Å². The highest BCUT2D eigenvalue weighted by Crippen LogP contribution is 2.26. The molecule has 5 heteroatoms. The molecule has 3 aromatic rings. The van der Waals surface area contributed by atoms with Crippen LogP contribution < -0.4 is 0 Å². The van der Waals surface area contributed by atoms with E-state index in [1.165, 1.54) is 0 Å². The van der Waals surface area contributed by atoms with E-state index in [-0.39, 0.29) is 0 Å². The van der Waals surface area contributed by atoms with Crippen molar-refractivity contribution in [3.8, 4) is 11.4 Å². The Morgan fingerprint density at radius 1 is 1.28 bits per heavy atom. The topological polar surface area (TPSA) is 71.5 Å². The number of aromatic nitrogens is 4. The maximum Gasteiger partial charge on any atom is 0.152 e. The third kappa shape index (κ3) is 1.57. The molecule has 0 saturated heterocycles. The van der Waals surface area contributed by atoms with Gasteiger partial charge in [-0.15, -0.1) is 0 Å². The molecule has 5 nitrogen and oxygen atoms in total. The number of carbonyl (C=O) groups excluding carboxylic acids is 1. The van der Waals surface area contributed by atoms with E-state index >= 15 is 0 Å². The van der Waals surface area contributed by atoms with Gasteiger partial charge in [0.15, 0.2) is 6.29 Å². The quantitative estimate of drug-likeness (QED) is 0.694. The van der Waals surface area contributed by atoms with Gasteiger partial charge in [0.05, 0.1) is 11.1 Å². The second-order valence-corrected chi connectivity index (χ2v) is 3.92. The van der Waals surface area contributed by atoms with Gasteiger partial charge in [0.1, 0.15) is 17.2 Å². The van der Waals surface area contributed by atoms with Crippen LogP contribution in [0.2, 0.25) is 0 Å². The summed E-state index contributed by atoms with van der Waals surface area (Å²) >= 11 is 0. The number of hydrogen-bond donors (Lipinski definition) is 1. The molecular weight excluding hydrogens is 228 g/mol. The van der Waals surface area contributed by atoms with Crippen LogP contribution in [0, 0.1) is 6.92 Å². The van der Waals surface area contributed by atoms with Gasteiger partial charge in [0.2, 0.25) is 0 Å². The monoisotopic (exact) mass is 238 g/mol. The fourth-order valence-corrected chi connectivity index (χ4v) is 1.95. The van der Waals surface area contributed by atoms with Crippen molar-refractivity contribution >= 4 is 17.3 Å². The maximum absolute atomic E-state index is 11.1. The van der Waals surface area contributed by atoms with Crippen LogP contribution in [-0.2, 0) is 0 Å². The van der Waals surface area contributed by atoms with E-state index in [9.17, 15) is 4.79 Å². The van der Waals surface area contributed by atoms with Crippen molar-refractivity contribution in [2.24, 2.45) is 0 Å². The number of aldehydes is 1. The minimum absolute atomic E-state index is 0.547. The molecule has 3 aromatic heterocycles. The Hall–Kier alpha value is -2.56. The smallest absolute Gasteiger partial charge is 0.152 e. The van der Waals surface area contributed by atoms with Crippen molar-refractivity contribution in [2.75, 3.05) is 0 Å². The van der Waals surface area contributed by atoms with Crippen molar-refractivity contribution in [1.82, 2.24) is 19.9 Å². The van der Waals surface area contributed by atoms with E-state index in [1.807, 2.05) is 25.1 Å². The predicted molar refractivity (Wildman–Crippen MR) is 67.2 cm³/mol. The Labute approximate surface area is 103 Å². The standard InChI is InChI=1S/C13H10N4O/c1-8-16-12(10-4-2-3-5-14-10)11-9(7-18)6-15-13(11)17-8/h2-7H,1H3,(H,15,16,17). The van der Waals surface area contributed by atoms with Gasteiger partial charge in [0, 0.05) is 18.0 Å². The molecule has 3 heterocycles. The van der Waals surface area contributed by atoms with Crippen LogP contribution >= 0.6 is 0 Å². The van der Waals surface area contributed by atoms with Crippen LogP contribution in [0.5, 0.6) is 0 Å². The molecule has 0 spiro atoms. The van der Waals surface area contributed by atoms with Gasteiger partial charge in [-0.3, -0.25) is 9.78 Å². The molecule has 1 N–H and O–H groups in total. The highest BCUT2D eigenvalue weighted by Gasteiger charge is 2.14. The lowest BCUT2D eigenvalue weighted by Crippen LogP contribution is -1.95. The maximum atomic E-state index is 11.1. The highest BCUT2D eigenvalue weighted by molar-refractivity contribution is 6.02. The molecule has 0 bridgehead atoms. The van der Waals surface area contributed by atoms with Gasteiger partial charge >= 0.3 is 0 Å². The van der Waals surface area contributed by atoms with Crippen LogP contribution in [0.1, 0.15) is 16.2 Å². The first-order valence-corrected chi connectivity index (χ1v) is 5.52. The molecule has 0 fully saturated rings. The normalized spacial score (nSPS) is 10.7. The first-order valence-electron chi connectivity index (χ1n) is 5.52. The Morgan fingerprint density at radius 2 is 2.17 bits per heavy atom. The molecule has 0 aliphatic carbocycles. The number of aromatic amines is 1. The second kappa shape index (κ2) is 4.03. The Balaban J connectivity index is 2.40. The van der Waals surface area contributed by atoms with Crippen molar-refractivity contribution in [3.63, 3.8) is 0 Å². The molecule has 0 amide bonds. The van der Waals surface area contributed by atoms with E-state index < -0.39 is 0 Å². The van der Waals surface area contributed by atoms with Gasteiger partial charge in [-0.05, 0) is 19.1 Å². The number of fused-ring (bicyclic) bond motifs is 1. The Kier molecular flexibility index (Phi) is 2.37. The third-order valence-corrected chi connectivity index (χ3v) is 2.71.